The lowest BCUT2D eigenvalue weighted by molar-refractivity contribution is -0.112. The molecule has 1 heterocycles. The highest BCUT2D eigenvalue weighted by Gasteiger charge is 2.15. The van der Waals surface area contributed by atoms with Crippen molar-refractivity contribution in [2.24, 2.45) is 0 Å². The van der Waals surface area contributed by atoms with Crippen LogP contribution in [0.25, 0.3) is 6.08 Å². The first-order valence-electron chi connectivity index (χ1n) is 9.03. The van der Waals surface area contributed by atoms with E-state index >= 15 is 0 Å². The Bertz CT molecular complexity index is 937. The fraction of sp³-hybridized carbons (Fsp3) is 0.273. The first-order chi connectivity index (χ1) is 13.0. The summed E-state index contributed by atoms with van der Waals surface area (Å²) < 4.78 is 0. The molecular weight excluding hydrogens is 358 g/mol. The normalized spacial score (nSPS) is 14.1. The number of nitrogens with one attached hydrogen (secondary N) is 1. The number of amides is 1. The van der Waals surface area contributed by atoms with E-state index in [2.05, 4.69) is 23.2 Å². The molecule has 0 radical (unpaired) electrons. The summed E-state index contributed by atoms with van der Waals surface area (Å²) in [6.45, 7) is 6.09. The van der Waals surface area contributed by atoms with Gasteiger partial charge < -0.3 is 10.2 Å². The van der Waals surface area contributed by atoms with E-state index < -0.39 is 5.91 Å². The fourth-order valence-electron chi connectivity index (χ4n) is 3.35. The number of rotatable bonds is 4. The van der Waals surface area contributed by atoms with Crippen molar-refractivity contribution in [3.05, 3.63) is 63.7 Å². The molecule has 0 aromatic heterocycles. The molecular formula is C22H22ClN3O. The van der Waals surface area contributed by atoms with Crippen molar-refractivity contribution in [2.75, 3.05) is 23.3 Å². The number of nitriles is 1. The number of carbonyl (C=O) groups is 1. The molecule has 1 N–H and O–H groups in total. The first-order valence-corrected chi connectivity index (χ1v) is 9.40. The van der Waals surface area contributed by atoms with Gasteiger partial charge in [0.05, 0.1) is 0 Å². The molecule has 0 atom stereocenters. The van der Waals surface area contributed by atoms with E-state index in [0.29, 0.717) is 10.7 Å². The van der Waals surface area contributed by atoms with Crippen LogP contribution in [-0.2, 0) is 4.79 Å². The molecule has 0 unspecified atom stereocenters. The minimum atomic E-state index is -0.427. The van der Waals surface area contributed by atoms with Gasteiger partial charge in [-0.25, -0.2) is 0 Å². The SMILES string of the molecule is Cc1cc(Cl)ccc1NC(=O)/C(C#N)=C\c1ccc(N2CCCC2)c(C)c1. The number of aryl methyl sites for hydroxylation is 2. The maximum Gasteiger partial charge on any atom is 0.266 e. The van der Waals surface area contributed by atoms with E-state index in [-0.39, 0.29) is 5.57 Å². The molecule has 1 saturated heterocycles. The van der Waals surface area contributed by atoms with Gasteiger partial charge in [0, 0.05) is 29.5 Å². The summed E-state index contributed by atoms with van der Waals surface area (Å²) in [6, 6.07) is 13.3. The Labute approximate surface area is 165 Å². The average Bonchev–Trinajstić information content (AvgIpc) is 3.16. The number of carbonyl (C=O) groups excluding carboxylic acids is 1. The number of nitrogens with zero attached hydrogens (tertiary/aromatic N) is 2. The second-order valence-electron chi connectivity index (χ2n) is 6.82. The van der Waals surface area contributed by atoms with Gasteiger partial charge in [-0.05, 0) is 79.8 Å². The smallest absolute Gasteiger partial charge is 0.266 e. The Hall–Kier alpha value is -2.77. The molecule has 5 heteroatoms. The lowest BCUT2D eigenvalue weighted by Gasteiger charge is -2.20. The van der Waals surface area contributed by atoms with Crippen LogP contribution in [-0.4, -0.2) is 19.0 Å². The average molecular weight is 380 g/mol. The number of anilines is 2. The second-order valence-corrected chi connectivity index (χ2v) is 7.26. The van der Waals surface area contributed by atoms with E-state index in [1.165, 1.54) is 18.5 Å². The zero-order chi connectivity index (χ0) is 19.4. The van der Waals surface area contributed by atoms with Gasteiger partial charge in [0.1, 0.15) is 11.6 Å². The Kier molecular flexibility index (Phi) is 5.83. The molecule has 27 heavy (non-hydrogen) atoms. The van der Waals surface area contributed by atoms with Gasteiger partial charge in [0.15, 0.2) is 0 Å². The van der Waals surface area contributed by atoms with Crippen LogP contribution in [0.4, 0.5) is 11.4 Å². The molecule has 0 aliphatic carbocycles. The number of hydrogen-bond acceptors (Lipinski definition) is 3. The summed E-state index contributed by atoms with van der Waals surface area (Å²) in [7, 11) is 0. The summed E-state index contributed by atoms with van der Waals surface area (Å²) in [5, 5.41) is 12.8. The molecule has 0 saturated carbocycles. The quantitative estimate of drug-likeness (QED) is 0.593. The van der Waals surface area contributed by atoms with Crippen molar-refractivity contribution < 1.29 is 4.79 Å². The van der Waals surface area contributed by atoms with Crippen molar-refractivity contribution in [1.82, 2.24) is 0 Å². The minimum absolute atomic E-state index is 0.0673. The van der Waals surface area contributed by atoms with Gasteiger partial charge in [-0.15, -0.1) is 0 Å². The van der Waals surface area contributed by atoms with Crippen LogP contribution < -0.4 is 10.2 Å². The summed E-state index contributed by atoms with van der Waals surface area (Å²) in [4.78, 5) is 14.9. The molecule has 0 spiro atoms. The highest BCUT2D eigenvalue weighted by molar-refractivity contribution is 6.30. The predicted molar refractivity (Wildman–Crippen MR) is 111 cm³/mol. The van der Waals surface area contributed by atoms with E-state index in [4.69, 9.17) is 11.6 Å². The number of hydrogen-bond donors (Lipinski definition) is 1. The lowest BCUT2D eigenvalue weighted by atomic mass is 10.1. The van der Waals surface area contributed by atoms with E-state index in [1.54, 1.807) is 24.3 Å². The minimum Gasteiger partial charge on any atom is -0.371 e. The molecule has 1 aliphatic heterocycles. The highest BCUT2D eigenvalue weighted by atomic mass is 35.5. The highest BCUT2D eigenvalue weighted by Crippen LogP contribution is 2.26. The Balaban J connectivity index is 1.80. The molecule has 3 rings (SSSR count). The Morgan fingerprint density at radius 3 is 2.52 bits per heavy atom. The summed E-state index contributed by atoms with van der Waals surface area (Å²) in [5.74, 6) is -0.427. The van der Waals surface area contributed by atoms with Crippen LogP contribution in [0.3, 0.4) is 0 Å². The largest absolute Gasteiger partial charge is 0.371 e. The van der Waals surface area contributed by atoms with Crippen molar-refractivity contribution >= 4 is 35.0 Å². The molecule has 2 aromatic rings. The molecule has 138 valence electrons. The van der Waals surface area contributed by atoms with E-state index in [1.807, 2.05) is 25.1 Å². The predicted octanol–water partition coefficient (Wildman–Crippen LogP) is 5.10. The third-order valence-electron chi connectivity index (χ3n) is 4.78. The third-order valence-corrected chi connectivity index (χ3v) is 5.02. The van der Waals surface area contributed by atoms with Gasteiger partial charge in [-0.1, -0.05) is 17.7 Å². The summed E-state index contributed by atoms with van der Waals surface area (Å²) >= 11 is 5.95. The van der Waals surface area contributed by atoms with Crippen LogP contribution in [0.15, 0.2) is 42.0 Å². The van der Waals surface area contributed by atoms with Crippen LogP contribution in [0.5, 0.6) is 0 Å². The molecule has 1 fully saturated rings. The molecule has 0 bridgehead atoms. The Morgan fingerprint density at radius 2 is 1.89 bits per heavy atom. The van der Waals surface area contributed by atoms with Crippen LogP contribution in [0.2, 0.25) is 5.02 Å². The maximum atomic E-state index is 12.5. The summed E-state index contributed by atoms with van der Waals surface area (Å²) in [5.41, 5.74) is 4.78. The van der Waals surface area contributed by atoms with Crippen molar-refractivity contribution in [3.8, 4) is 6.07 Å². The number of benzene rings is 2. The van der Waals surface area contributed by atoms with Gasteiger partial charge in [0.25, 0.3) is 5.91 Å². The van der Waals surface area contributed by atoms with Gasteiger partial charge in [-0.2, -0.15) is 5.26 Å². The van der Waals surface area contributed by atoms with E-state index in [0.717, 1.165) is 29.8 Å². The van der Waals surface area contributed by atoms with Crippen LogP contribution >= 0.6 is 11.6 Å². The molecule has 4 nitrogen and oxygen atoms in total. The zero-order valence-corrected chi connectivity index (χ0v) is 16.3. The van der Waals surface area contributed by atoms with Crippen molar-refractivity contribution in [2.45, 2.75) is 26.7 Å². The summed E-state index contributed by atoms with van der Waals surface area (Å²) in [6.07, 6.45) is 4.08. The number of halogens is 1. The second kappa shape index (κ2) is 8.28. The van der Waals surface area contributed by atoms with Gasteiger partial charge >= 0.3 is 0 Å². The van der Waals surface area contributed by atoms with Crippen molar-refractivity contribution in [3.63, 3.8) is 0 Å². The maximum absolute atomic E-state index is 12.5. The topological polar surface area (TPSA) is 56.1 Å². The molecule has 1 amide bonds. The van der Waals surface area contributed by atoms with Gasteiger partial charge in [-0.3, -0.25) is 4.79 Å². The zero-order valence-electron chi connectivity index (χ0n) is 15.6. The monoisotopic (exact) mass is 379 g/mol. The third kappa shape index (κ3) is 4.50. The Morgan fingerprint density at radius 1 is 1.15 bits per heavy atom. The van der Waals surface area contributed by atoms with E-state index in [9.17, 15) is 10.1 Å². The first kappa shape index (κ1) is 19.0. The van der Waals surface area contributed by atoms with Crippen molar-refractivity contribution in [1.29, 1.82) is 5.26 Å². The lowest BCUT2D eigenvalue weighted by Crippen LogP contribution is -2.18. The molecule has 2 aromatic carbocycles. The van der Waals surface area contributed by atoms with Gasteiger partial charge in [0.2, 0.25) is 0 Å². The van der Waals surface area contributed by atoms with Crippen LogP contribution in [0, 0.1) is 25.2 Å². The fourth-order valence-corrected chi connectivity index (χ4v) is 3.58. The van der Waals surface area contributed by atoms with Crippen LogP contribution in [0.1, 0.15) is 29.5 Å². The molecule has 1 aliphatic rings. The standard InChI is InChI=1S/C22H22ClN3O/c1-15-12-19(23)6-7-20(15)25-22(27)18(14-24)13-17-5-8-21(16(2)11-17)26-9-3-4-10-26/h5-8,11-13H,3-4,9-10H2,1-2H3,(H,25,27)/b18-13-.